The van der Waals surface area contributed by atoms with Crippen LogP contribution in [0.3, 0.4) is 0 Å². The third kappa shape index (κ3) is 1.69. The van der Waals surface area contributed by atoms with Crippen molar-refractivity contribution in [2.45, 2.75) is 20.8 Å². The van der Waals surface area contributed by atoms with E-state index in [9.17, 15) is 0 Å². The molecule has 0 aliphatic heterocycles. The lowest BCUT2D eigenvalue weighted by molar-refractivity contribution is 1.27. The summed E-state index contributed by atoms with van der Waals surface area (Å²) in [7, 11) is 0. The molecule has 0 bridgehead atoms. The van der Waals surface area contributed by atoms with Crippen LogP contribution in [0.4, 0.5) is 5.69 Å². The molecule has 0 radical (unpaired) electrons. The smallest absolute Gasteiger partial charge is 0.0352 e. The van der Waals surface area contributed by atoms with Crippen molar-refractivity contribution in [3.63, 3.8) is 0 Å². The highest BCUT2D eigenvalue weighted by molar-refractivity contribution is 5.74. The molecule has 0 unspecified atom stereocenters. The first-order valence-corrected chi connectivity index (χ1v) is 5.53. The van der Waals surface area contributed by atoms with Gasteiger partial charge in [0.25, 0.3) is 0 Å². The summed E-state index contributed by atoms with van der Waals surface area (Å²) in [5.74, 6) is 0. The molecule has 16 heavy (non-hydrogen) atoms. The predicted molar refractivity (Wildman–Crippen MR) is 70.5 cm³/mol. The Labute approximate surface area is 96.9 Å². The van der Waals surface area contributed by atoms with Crippen LogP contribution in [-0.2, 0) is 0 Å². The number of hydrogen-bond donors (Lipinski definition) is 1. The number of nitrogen functional groups attached to an aromatic ring is 1. The van der Waals surface area contributed by atoms with Gasteiger partial charge < -0.3 is 5.73 Å². The minimum atomic E-state index is 0.877. The van der Waals surface area contributed by atoms with Crippen LogP contribution in [0, 0.1) is 20.8 Å². The van der Waals surface area contributed by atoms with Crippen molar-refractivity contribution in [2.75, 3.05) is 5.73 Å². The summed E-state index contributed by atoms with van der Waals surface area (Å²) in [5.41, 5.74) is 13.2. The maximum atomic E-state index is 6.03. The van der Waals surface area contributed by atoms with Crippen molar-refractivity contribution in [1.29, 1.82) is 0 Å². The van der Waals surface area contributed by atoms with Gasteiger partial charge in [-0.2, -0.15) is 0 Å². The van der Waals surface area contributed by atoms with Crippen molar-refractivity contribution in [2.24, 2.45) is 0 Å². The van der Waals surface area contributed by atoms with Gasteiger partial charge in [-0.05, 0) is 54.7 Å². The second-order valence-corrected chi connectivity index (χ2v) is 4.25. The fraction of sp³-hybridized carbons (Fsp3) is 0.200. The van der Waals surface area contributed by atoms with E-state index in [1.165, 1.54) is 27.8 Å². The summed E-state index contributed by atoms with van der Waals surface area (Å²) in [6, 6.07) is 12.5. The standard InChI is InChI=1S/C15H17N/c1-10-11(2)14(9-15(16)12(10)3)13-7-5-4-6-8-13/h4-9H,16H2,1-3H3. The normalized spacial score (nSPS) is 10.4. The zero-order valence-electron chi connectivity index (χ0n) is 10.0. The lowest BCUT2D eigenvalue weighted by atomic mass is 9.93. The van der Waals surface area contributed by atoms with Gasteiger partial charge in [0, 0.05) is 5.69 Å². The van der Waals surface area contributed by atoms with Gasteiger partial charge >= 0.3 is 0 Å². The summed E-state index contributed by atoms with van der Waals surface area (Å²) in [5, 5.41) is 0. The Morgan fingerprint density at radius 3 is 2.06 bits per heavy atom. The quantitative estimate of drug-likeness (QED) is 0.712. The first-order chi connectivity index (χ1) is 7.61. The van der Waals surface area contributed by atoms with E-state index < -0.39 is 0 Å². The molecule has 0 fully saturated rings. The van der Waals surface area contributed by atoms with Gasteiger partial charge in [0.2, 0.25) is 0 Å². The largest absolute Gasteiger partial charge is 0.398 e. The average molecular weight is 211 g/mol. The van der Waals surface area contributed by atoms with E-state index in [1.807, 2.05) is 6.07 Å². The van der Waals surface area contributed by atoms with Gasteiger partial charge in [-0.3, -0.25) is 0 Å². The highest BCUT2D eigenvalue weighted by atomic mass is 14.6. The molecular formula is C15H17N. The molecule has 0 saturated heterocycles. The number of hydrogen-bond acceptors (Lipinski definition) is 1. The second-order valence-electron chi connectivity index (χ2n) is 4.25. The topological polar surface area (TPSA) is 26.0 Å². The maximum Gasteiger partial charge on any atom is 0.0352 e. The SMILES string of the molecule is Cc1c(N)cc(-c2ccccc2)c(C)c1C. The van der Waals surface area contributed by atoms with E-state index in [4.69, 9.17) is 5.73 Å². The summed E-state index contributed by atoms with van der Waals surface area (Å²) >= 11 is 0. The molecule has 0 atom stereocenters. The molecule has 1 nitrogen and oxygen atoms in total. The number of anilines is 1. The van der Waals surface area contributed by atoms with Gasteiger partial charge in [0.15, 0.2) is 0 Å². The van der Waals surface area contributed by atoms with Crippen LogP contribution in [0.2, 0.25) is 0 Å². The van der Waals surface area contributed by atoms with Crippen molar-refractivity contribution in [1.82, 2.24) is 0 Å². The molecular weight excluding hydrogens is 194 g/mol. The molecule has 2 aromatic carbocycles. The lowest BCUT2D eigenvalue weighted by Gasteiger charge is -2.14. The van der Waals surface area contributed by atoms with Crippen LogP contribution in [0.5, 0.6) is 0 Å². The average Bonchev–Trinajstić information content (AvgIpc) is 2.32. The molecule has 0 aliphatic carbocycles. The number of benzene rings is 2. The Morgan fingerprint density at radius 2 is 1.44 bits per heavy atom. The molecule has 0 saturated carbocycles. The Morgan fingerprint density at radius 1 is 0.812 bits per heavy atom. The third-order valence-corrected chi connectivity index (χ3v) is 3.35. The molecule has 1 heteroatoms. The molecule has 0 aliphatic rings. The van der Waals surface area contributed by atoms with E-state index in [0.29, 0.717) is 0 Å². The third-order valence-electron chi connectivity index (χ3n) is 3.35. The van der Waals surface area contributed by atoms with Crippen LogP contribution in [0.15, 0.2) is 36.4 Å². The molecule has 2 aromatic rings. The molecule has 0 aromatic heterocycles. The lowest BCUT2D eigenvalue weighted by Crippen LogP contribution is -1.97. The highest BCUT2D eigenvalue weighted by Gasteiger charge is 2.08. The van der Waals surface area contributed by atoms with Crippen molar-refractivity contribution >= 4 is 5.69 Å². The van der Waals surface area contributed by atoms with E-state index in [2.05, 4.69) is 51.1 Å². The Bertz CT molecular complexity index is 513. The van der Waals surface area contributed by atoms with Crippen molar-refractivity contribution < 1.29 is 0 Å². The molecule has 82 valence electrons. The monoisotopic (exact) mass is 211 g/mol. The first-order valence-electron chi connectivity index (χ1n) is 5.53. The van der Waals surface area contributed by atoms with Gasteiger partial charge in [-0.1, -0.05) is 30.3 Å². The Kier molecular flexibility index (Phi) is 2.69. The van der Waals surface area contributed by atoms with Gasteiger partial charge in [0.1, 0.15) is 0 Å². The molecule has 2 rings (SSSR count). The minimum absolute atomic E-state index is 0.877. The van der Waals surface area contributed by atoms with Crippen molar-refractivity contribution in [3.05, 3.63) is 53.1 Å². The molecule has 0 heterocycles. The van der Waals surface area contributed by atoms with Gasteiger partial charge in [-0.15, -0.1) is 0 Å². The van der Waals surface area contributed by atoms with Crippen LogP contribution in [-0.4, -0.2) is 0 Å². The minimum Gasteiger partial charge on any atom is -0.398 e. The van der Waals surface area contributed by atoms with Gasteiger partial charge in [0.05, 0.1) is 0 Å². The van der Waals surface area contributed by atoms with Crippen LogP contribution >= 0.6 is 0 Å². The van der Waals surface area contributed by atoms with Crippen LogP contribution in [0.1, 0.15) is 16.7 Å². The molecule has 0 spiro atoms. The van der Waals surface area contributed by atoms with E-state index >= 15 is 0 Å². The Balaban J connectivity index is 2.68. The fourth-order valence-electron chi connectivity index (χ4n) is 1.99. The van der Waals surface area contributed by atoms with Crippen LogP contribution in [0.25, 0.3) is 11.1 Å². The van der Waals surface area contributed by atoms with E-state index in [-0.39, 0.29) is 0 Å². The maximum absolute atomic E-state index is 6.03. The summed E-state index contributed by atoms with van der Waals surface area (Å²) in [4.78, 5) is 0. The summed E-state index contributed by atoms with van der Waals surface area (Å²) < 4.78 is 0. The molecule has 0 amide bonds. The summed E-state index contributed by atoms with van der Waals surface area (Å²) in [6.07, 6.45) is 0. The first kappa shape index (κ1) is 10.7. The molecule has 2 N–H and O–H groups in total. The zero-order chi connectivity index (χ0) is 11.7. The summed E-state index contributed by atoms with van der Waals surface area (Å²) in [6.45, 7) is 6.37. The number of nitrogens with two attached hydrogens (primary N) is 1. The second kappa shape index (κ2) is 4.01. The van der Waals surface area contributed by atoms with E-state index in [0.717, 1.165) is 5.69 Å². The zero-order valence-corrected chi connectivity index (χ0v) is 10.0. The van der Waals surface area contributed by atoms with Crippen LogP contribution < -0.4 is 5.73 Å². The van der Waals surface area contributed by atoms with Crippen molar-refractivity contribution in [3.8, 4) is 11.1 Å². The highest BCUT2D eigenvalue weighted by Crippen LogP contribution is 2.30. The Hall–Kier alpha value is -1.76. The predicted octanol–water partition coefficient (Wildman–Crippen LogP) is 3.86. The van der Waals surface area contributed by atoms with Gasteiger partial charge in [-0.25, -0.2) is 0 Å². The number of rotatable bonds is 1. The fourth-order valence-corrected chi connectivity index (χ4v) is 1.99. The van der Waals surface area contributed by atoms with E-state index in [1.54, 1.807) is 0 Å².